The second-order valence-electron chi connectivity index (χ2n) is 5.76. The van der Waals surface area contributed by atoms with Gasteiger partial charge in [0.15, 0.2) is 0 Å². The Labute approximate surface area is 151 Å². The Balaban J connectivity index is 2.39. The lowest BCUT2D eigenvalue weighted by atomic mass is 10.1. The Morgan fingerprint density at radius 3 is 1.60 bits per heavy atom. The molecular formula is C25H22. The Kier molecular flexibility index (Phi) is 6.65. The molecule has 2 aromatic carbocycles. The van der Waals surface area contributed by atoms with Gasteiger partial charge in [0.05, 0.1) is 0 Å². The minimum absolute atomic E-state index is 0.832. The molecule has 0 fully saturated rings. The molecule has 0 bridgehead atoms. The molecule has 0 aliphatic rings. The van der Waals surface area contributed by atoms with E-state index in [4.69, 9.17) is 0 Å². The van der Waals surface area contributed by atoms with E-state index in [2.05, 4.69) is 68.4 Å². The molecule has 0 spiro atoms. The Bertz CT molecular complexity index is 910. The van der Waals surface area contributed by atoms with Gasteiger partial charge in [0.1, 0.15) is 0 Å². The molecule has 0 aromatic heterocycles. The van der Waals surface area contributed by atoms with Crippen molar-refractivity contribution in [2.24, 2.45) is 0 Å². The van der Waals surface area contributed by atoms with Gasteiger partial charge in [0.2, 0.25) is 0 Å². The summed E-state index contributed by atoms with van der Waals surface area (Å²) in [5.41, 5.74) is 6.13. The van der Waals surface area contributed by atoms with Crippen molar-refractivity contribution in [3.63, 3.8) is 0 Å². The molecule has 0 atom stereocenters. The van der Waals surface area contributed by atoms with Gasteiger partial charge < -0.3 is 0 Å². The van der Waals surface area contributed by atoms with Crippen molar-refractivity contribution in [2.75, 3.05) is 0 Å². The van der Waals surface area contributed by atoms with Crippen LogP contribution in [0.25, 0.3) is 0 Å². The maximum absolute atomic E-state index is 3.90. The first-order valence-corrected chi connectivity index (χ1v) is 8.29. The first-order chi connectivity index (χ1) is 12.1. The van der Waals surface area contributed by atoms with E-state index in [1.807, 2.05) is 43.3 Å². The fraction of sp³-hybridized carbons (Fsp3) is 0.120. The van der Waals surface area contributed by atoms with E-state index in [9.17, 15) is 0 Å². The smallest absolute Gasteiger partial charge is 0.0402 e. The first-order valence-electron chi connectivity index (χ1n) is 8.29. The third-order valence-corrected chi connectivity index (χ3v) is 3.61. The average Bonchev–Trinajstić information content (AvgIpc) is 2.63. The third kappa shape index (κ3) is 5.72. The highest BCUT2D eigenvalue weighted by molar-refractivity contribution is 5.57. The summed E-state index contributed by atoms with van der Waals surface area (Å²) in [5.74, 6) is 12.8. The minimum Gasteiger partial charge on any atom is -0.0978 e. The predicted molar refractivity (Wildman–Crippen MR) is 108 cm³/mol. The van der Waals surface area contributed by atoms with Crippen molar-refractivity contribution < 1.29 is 0 Å². The van der Waals surface area contributed by atoms with Gasteiger partial charge in [-0.15, -0.1) is 0 Å². The van der Waals surface area contributed by atoms with Crippen molar-refractivity contribution in [1.82, 2.24) is 0 Å². The van der Waals surface area contributed by atoms with Crippen LogP contribution in [0.1, 0.15) is 29.2 Å². The van der Waals surface area contributed by atoms with Crippen LogP contribution in [-0.4, -0.2) is 0 Å². The summed E-state index contributed by atoms with van der Waals surface area (Å²) in [6.45, 7) is 10.0. The van der Waals surface area contributed by atoms with Gasteiger partial charge in [0.25, 0.3) is 0 Å². The molecule has 0 heteroatoms. The maximum Gasteiger partial charge on any atom is 0.0402 e. The number of aryl methyl sites for hydroxylation is 2. The lowest BCUT2D eigenvalue weighted by molar-refractivity contribution is 1.46. The summed E-state index contributed by atoms with van der Waals surface area (Å²) in [5, 5.41) is 0. The standard InChI is InChI=1S/C25H22/c1-5-7-25(19-17-23-14-10-21(4)11-15-23)24(6-2)18-16-22-12-8-20(3)9-13-22/h5-15H,2H2,1,3-4H3/b7-5-,25-24-. The minimum atomic E-state index is 0.832. The molecule has 0 saturated carbocycles. The maximum atomic E-state index is 3.90. The van der Waals surface area contributed by atoms with Crippen molar-refractivity contribution >= 4 is 0 Å². The van der Waals surface area contributed by atoms with E-state index in [0.717, 1.165) is 22.3 Å². The predicted octanol–water partition coefficient (Wildman–Crippen LogP) is 5.77. The van der Waals surface area contributed by atoms with Gasteiger partial charge in [0, 0.05) is 22.3 Å². The molecule has 0 nitrogen and oxygen atoms in total. The summed E-state index contributed by atoms with van der Waals surface area (Å²) in [6.07, 6.45) is 5.71. The fourth-order valence-electron chi connectivity index (χ4n) is 2.15. The van der Waals surface area contributed by atoms with Gasteiger partial charge in [-0.25, -0.2) is 0 Å². The molecule has 0 aliphatic heterocycles. The number of hydrogen-bond donors (Lipinski definition) is 0. The van der Waals surface area contributed by atoms with Gasteiger partial charge in [-0.05, 0) is 51.1 Å². The Morgan fingerprint density at radius 2 is 1.20 bits per heavy atom. The van der Waals surface area contributed by atoms with E-state index in [-0.39, 0.29) is 0 Å². The molecule has 0 aliphatic carbocycles. The number of allylic oxidation sites excluding steroid dienone is 5. The second kappa shape index (κ2) is 9.17. The zero-order valence-corrected chi connectivity index (χ0v) is 15.1. The molecule has 25 heavy (non-hydrogen) atoms. The van der Waals surface area contributed by atoms with E-state index in [1.54, 1.807) is 6.08 Å². The molecule has 122 valence electrons. The van der Waals surface area contributed by atoms with Crippen LogP contribution in [0.3, 0.4) is 0 Å². The van der Waals surface area contributed by atoms with Crippen LogP contribution < -0.4 is 0 Å². The third-order valence-electron chi connectivity index (χ3n) is 3.61. The van der Waals surface area contributed by atoms with E-state index in [0.29, 0.717) is 0 Å². The summed E-state index contributed by atoms with van der Waals surface area (Å²) in [7, 11) is 0. The van der Waals surface area contributed by atoms with Gasteiger partial charge in [-0.3, -0.25) is 0 Å². The highest BCUT2D eigenvalue weighted by Gasteiger charge is 1.95. The summed E-state index contributed by atoms with van der Waals surface area (Å²) in [4.78, 5) is 0. The zero-order valence-electron chi connectivity index (χ0n) is 15.1. The van der Waals surface area contributed by atoms with Crippen molar-refractivity contribution in [3.8, 4) is 23.7 Å². The summed E-state index contributed by atoms with van der Waals surface area (Å²) >= 11 is 0. The number of rotatable bonds is 2. The molecule has 2 rings (SSSR count). The van der Waals surface area contributed by atoms with E-state index in [1.165, 1.54) is 11.1 Å². The summed E-state index contributed by atoms with van der Waals surface area (Å²) in [6, 6.07) is 16.4. The van der Waals surface area contributed by atoms with E-state index >= 15 is 0 Å². The van der Waals surface area contributed by atoms with Crippen molar-refractivity contribution in [3.05, 3.63) is 107 Å². The highest BCUT2D eigenvalue weighted by atomic mass is 14.0. The lowest BCUT2D eigenvalue weighted by Crippen LogP contribution is -1.83. The van der Waals surface area contributed by atoms with Crippen LogP contribution in [0, 0.1) is 37.5 Å². The van der Waals surface area contributed by atoms with E-state index < -0.39 is 0 Å². The monoisotopic (exact) mass is 322 g/mol. The fourth-order valence-corrected chi connectivity index (χ4v) is 2.15. The summed E-state index contributed by atoms with van der Waals surface area (Å²) < 4.78 is 0. The van der Waals surface area contributed by atoms with Crippen LogP contribution in [0.5, 0.6) is 0 Å². The van der Waals surface area contributed by atoms with Gasteiger partial charge >= 0.3 is 0 Å². The number of hydrogen-bond acceptors (Lipinski definition) is 0. The quantitative estimate of drug-likeness (QED) is 0.487. The lowest BCUT2D eigenvalue weighted by Gasteiger charge is -1.97. The molecule has 0 radical (unpaired) electrons. The molecule has 0 N–H and O–H groups in total. The highest BCUT2D eigenvalue weighted by Crippen LogP contribution is 2.09. The molecule has 2 aromatic rings. The molecule has 0 amide bonds. The molecule has 0 heterocycles. The van der Waals surface area contributed by atoms with Crippen LogP contribution >= 0.6 is 0 Å². The average molecular weight is 322 g/mol. The zero-order chi connectivity index (χ0) is 18.1. The van der Waals surface area contributed by atoms with Crippen molar-refractivity contribution in [1.29, 1.82) is 0 Å². The SMILES string of the molecule is C=C/C(C#Cc1ccc(C)cc1)=C(C#Cc1ccc(C)cc1)\C=C/C. The normalized spacial score (nSPS) is 11.0. The van der Waals surface area contributed by atoms with Crippen LogP contribution in [0.15, 0.2) is 84.5 Å². The van der Waals surface area contributed by atoms with Crippen LogP contribution in [-0.2, 0) is 0 Å². The van der Waals surface area contributed by atoms with Crippen LogP contribution in [0.2, 0.25) is 0 Å². The first kappa shape index (κ1) is 18.1. The second-order valence-corrected chi connectivity index (χ2v) is 5.76. The van der Waals surface area contributed by atoms with Gasteiger partial charge in [-0.2, -0.15) is 0 Å². The molecule has 0 saturated heterocycles. The number of benzene rings is 2. The Hall–Kier alpha value is -3.22. The Morgan fingerprint density at radius 1 is 0.760 bits per heavy atom. The van der Waals surface area contributed by atoms with Crippen LogP contribution in [0.4, 0.5) is 0 Å². The molecule has 0 unspecified atom stereocenters. The molecular weight excluding hydrogens is 300 g/mol. The largest absolute Gasteiger partial charge is 0.0978 e. The van der Waals surface area contributed by atoms with Crippen molar-refractivity contribution in [2.45, 2.75) is 20.8 Å². The van der Waals surface area contributed by atoms with Gasteiger partial charge in [-0.1, -0.05) is 77.8 Å². The topological polar surface area (TPSA) is 0 Å².